The van der Waals surface area contributed by atoms with Crippen LogP contribution in [-0.4, -0.2) is 43.9 Å². The van der Waals surface area contributed by atoms with Crippen molar-refractivity contribution >= 4 is 17.7 Å². The maximum atomic E-state index is 12.9. The Bertz CT molecular complexity index is 960. The van der Waals surface area contributed by atoms with Gasteiger partial charge in [-0.3, -0.25) is 9.36 Å². The molecule has 1 aliphatic heterocycles. The minimum Gasteiger partial charge on any atom is -0.469 e. The van der Waals surface area contributed by atoms with E-state index in [2.05, 4.69) is 26.9 Å². The molecule has 0 radical (unpaired) electrons. The Balaban J connectivity index is 1.61. The van der Waals surface area contributed by atoms with Gasteiger partial charge in [-0.25, -0.2) is 0 Å². The quantitative estimate of drug-likeness (QED) is 0.564. The van der Waals surface area contributed by atoms with E-state index in [1.54, 1.807) is 6.26 Å². The number of amides is 1. The van der Waals surface area contributed by atoms with Crippen molar-refractivity contribution in [1.82, 2.24) is 19.7 Å². The van der Waals surface area contributed by atoms with Gasteiger partial charge >= 0.3 is 0 Å². The Morgan fingerprint density at radius 3 is 2.59 bits per heavy atom. The molecule has 0 aliphatic carbocycles. The number of likely N-dealkylation sites (tertiary alicyclic amines) is 1. The summed E-state index contributed by atoms with van der Waals surface area (Å²) in [6.07, 6.45) is 5.07. The van der Waals surface area contributed by atoms with Crippen molar-refractivity contribution in [3.8, 4) is 11.4 Å². The summed E-state index contributed by atoms with van der Waals surface area (Å²) >= 11 is 1.48. The first-order chi connectivity index (χ1) is 14.1. The van der Waals surface area contributed by atoms with Crippen LogP contribution in [0.1, 0.15) is 37.5 Å². The minimum absolute atomic E-state index is 0.185. The van der Waals surface area contributed by atoms with Gasteiger partial charge in [0.05, 0.1) is 23.6 Å². The van der Waals surface area contributed by atoms with Crippen LogP contribution in [0, 0.1) is 6.92 Å². The summed E-state index contributed by atoms with van der Waals surface area (Å²) in [4.78, 5) is 14.9. The molecule has 1 aliphatic rings. The molecular formula is C22H26N4O2S. The fourth-order valence-corrected chi connectivity index (χ4v) is 4.61. The van der Waals surface area contributed by atoms with Gasteiger partial charge in [-0.1, -0.05) is 42.1 Å². The van der Waals surface area contributed by atoms with Gasteiger partial charge in [0.2, 0.25) is 5.91 Å². The molecule has 3 heterocycles. The Hall–Kier alpha value is -2.54. The molecule has 1 fully saturated rings. The van der Waals surface area contributed by atoms with E-state index in [9.17, 15) is 4.79 Å². The maximum Gasteiger partial charge on any atom is 0.235 e. The standard InChI is InChI=1S/C22H26N4O2S/c1-16-19(11-14-28-16)20-23-24-22(26(20)15-18-9-5-3-6-10-18)29-17(2)21(27)25-12-7-4-8-13-25/h3,5-6,9-11,14,17H,4,7-8,12-13,15H2,1-2H3. The predicted octanol–water partition coefficient (Wildman–Crippen LogP) is 4.39. The topological polar surface area (TPSA) is 64.2 Å². The van der Waals surface area contributed by atoms with E-state index < -0.39 is 0 Å². The van der Waals surface area contributed by atoms with Gasteiger partial charge in [0.1, 0.15) is 5.76 Å². The molecule has 152 valence electrons. The van der Waals surface area contributed by atoms with Crippen molar-refractivity contribution in [3.05, 3.63) is 54.0 Å². The highest BCUT2D eigenvalue weighted by Gasteiger charge is 2.26. The van der Waals surface area contributed by atoms with Crippen LogP contribution in [0.5, 0.6) is 0 Å². The fourth-order valence-electron chi connectivity index (χ4n) is 3.68. The van der Waals surface area contributed by atoms with Crippen molar-refractivity contribution in [3.63, 3.8) is 0 Å². The van der Waals surface area contributed by atoms with E-state index >= 15 is 0 Å². The second-order valence-electron chi connectivity index (χ2n) is 7.41. The zero-order chi connectivity index (χ0) is 20.2. The third kappa shape index (κ3) is 4.40. The van der Waals surface area contributed by atoms with E-state index in [0.29, 0.717) is 6.54 Å². The van der Waals surface area contributed by atoms with Gasteiger partial charge in [-0.15, -0.1) is 10.2 Å². The number of furan rings is 1. The lowest BCUT2D eigenvalue weighted by Gasteiger charge is -2.28. The normalized spacial score (nSPS) is 15.4. The number of piperidine rings is 1. The van der Waals surface area contributed by atoms with Crippen molar-refractivity contribution in [1.29, 1.82) is 0 Å². The van der Waals surface area contributed by atoms with Crippen LogP contribution in [0.3, 0.4) is 0 Å². The molecule has 4 rings (SSSR count). The van der Waals surface area contributed by atoms with Crippen LogP contribution < -0.4 is 0 Å². The Morgan fingerprint density at radius 2 is 1.90 bits per heavy atom. The van der Waals surface area contributed by atoms with Crippen LogP contribution in [0.4, 0.5) is 0 Å². The first kappa shape index (κ1) is 19.8. The van der Waals surface area contributed by atoms with Crippen LogP contribution in [0.15, 0.2) is 52.2 Å². The molecule has 1 unspecified atom stereocenters. The largest absolute Gasteiger partial charge is 0.469 e. The highest BCUT2D eigenvalue weighted by Crippen LogP contribution is 2.30. The smallest absolute Gasteiger partial charge is 0.235 e. The Labute approximate surface area is 175 Å². The molecule has 1 atom stereocenters. The van der Waals surface area contributed by atoms with Crippen molar-refractivity contribution in [2.45, 2.75) is 50.1 Å². The fraction of sp³-hybridized carbons (Fsp3) is 0.409. The lowest BCUT2D eigenvalue weighted by atomic mass is 10.1. The number of rotatable bonds is 6. The molecule has 0 bridgehead atoms. The van der Waals surface area contributed by atoms with E-state index in [4.69, 9.17) is 4.42 Å². The third-order valence-electron chi connectivity index (χ3n) is 5.30. The number of hydrogen-bond donors (Lipinski definition) is 0. The molecule has 0 spiro atoms. The second-order valence-corrected chi connectivity index (χ2v) is 8.72. The monoisotopic (exact) mass is 410 g/mol. The SMILES string of the molecule is Cc1occc1-c1nnc(SC(C)C(=O)N2CCCCC2)n1Cc1ccccc1. The lowest BCUT2D eigenvalue weighted by Crippen LogP contribution is -2.40. The number of aromatic nitrogens is 3. The molecule has 1 saturated heterocycles. The number of carbonyl (C=O) groups excluding carboxylic acids is 1. The number of aryl methyl sites for hydroxylation is 1. The summed E-state index contributed by atoms with van der Waals surface area (Å²) in [5.74, 6) is 1.76. The summed E-state index contributed by atoms with van der Waals surface area (Å²) < 4.78 is 7.56. The average Bonchev–Trinajstić information content (AvgIpc) is 3.34. The van der Waals surface area contributed by atoms with E-state index in [1.165, 1.54) is 18.2 Å². The van der Waals surface area contributed by atoms with Crippen molar-refractivity contribution < 1.29 is 9.21 Å². The van der Waals surface area contributed by atoms with Crippen molar-refractivity contribution in [2.75, 3.05) is 13.1 Å². The summed E-state index contributed by atoms with van der Waals surface area (Å²) in [7, 11) is 0. The van der Waals surface area contributed by atoms with E-state index in [-0.39, 0.29) is 11.2 Å². The summed E-state index contributed by atoms with van der Waals surface area (Å²) in [6, 6.07) is 12.1. The van der Waals surface area contributed by atoms with Crippen molar-refractivity contribution in [2.24, 2.45) is 0 Å². The summed E-state index contributed by atoms with van der Waals surface area (Å²) in [6.45, 7) is 6.25. The van der Waals surface area contributed by atoms with Gasteiger partial charge < -0.3 is 9.32 Å². The van der Waals surface area contributed by atoms with Gasteiger partial charge in [-0.05, 0) is 44.7 Å². The van der Waals surface area contributed by atoms with Crippen LogP contribution in [0.25, 0.3) is 11.4 Å². The zero-order valence-corrected chi connectivity index (χ0v) is 17.7. The molecule has 3 aromatic rings. The first-order valence-electron chi connectivity index (χ1n) is 10.1. The summed E-state index contributed by atoms with van der Waals surface area (Å²) in [5, 5.41) is 9.44. The molecule has 2 aromatic heterocycles. The molecular weight excluding hydrogens is 384 g/mol. The second kappa shape index (κ2) is 8.86. The predicted molar refractivity (Wildman–Crippen MR) is 114 cm³/mol. The van der Waals surface area contributed by atoms with E-state index in [1.807, 2.05) is 43.0 Å². The number of nitrogens with zero attached hydrogens (tertiary/aromatic N) is 4. The number of hydrogen-bond acceptors (Lipinski definition) is 5. The molecule has 0 saturated carbocycles. The maximum absolute atomic E-state index is 12.9. The highest BCUT2D eigenvalue weighted by atomic mass is 32.2. The van der Waals surface area contributed by atoms with E-state index in [0.717, 1.165) is 53.8 Å². The van der Waals surface area contributed by atoms with Gasteiger partial charge in [0.25, 0.3) is 0 Å². The van der Waals surface area contributed by atoms with Gasteiger partial charge in [0.15, 0.2) is 11.0 Å². The lowest BCUT2D eigenvalue weighted by molar-refractivity contribution is -0.131. The average molecular weight is 411 g/mol. The van der Waals surface area contributed by atoms with Crippen LogP contribution in [-0.2, 0) is 11.3 Å². The summed E-state index contributed by atoms with van der Waals surface area (Å²) in [5.41, 5.74) is 2.09. The number of benzene rings is 1. The number of thioether (sulfide) groups is 1. The molecule has 0 N–H and O–H groups in total. The molecule has 6 nitrogen and oxygen atoms in total. The highest BCUT2D eigenvalue weighted by molar-refractivity contribution is 8.00. The minimum atomic E-state index is -0.204. The van der Waals surface area contributed by atoms with Crippen LogP contribution in [0.2, 0.25) is 0 Å². The molecule has 7 heteroatoms. The Kier molecular flexibility index (Phi) is 6.04. The first-order valence-corrected chi connectivity index (χ1v) is 11.0. The molecule has 29 heavy (non-hydrogen) atoms. The Morgan fingerprint density at radius 1 is 1.14 bits per heavy atom. The third-order valence-corrected chi connectivity index (χ3v) is 6.37. The zero-order valence-electron chi connectivity index (χ0n) is 16.9. The van der Waals surface area contributed by atoms with Gasteiger partial charge in [-0.2, -0.15) is 0 Å². The molecule has 1 amide bonds. The van der Waals surface area contributed by atoms with Crippen LogP contribution >= 0.6 is 11.8 Å². The number of carbonyl (C=O) groups is 1. The van der Waals surface area contributed by atoms with Gasteiger partial charge in [0, 0.05) is 13.1 Å². The molecule has 1 aromatic carbocycles.